The molecule has 1 aromatic rings. The molecule has 1 rings (SSSR count). The molecule has 0 saturated carbocycles. The van der Waals surface area contributed by atoms with Gasteiger partial charge in [-0.25, -0.2) is 13.2 Å². The average Bonchev–Trinajstić information content (AvgIpc) is 2.57. The number of ether oxygens (including phenoxy) is 2. The van der Waals surface area contributed by atoms with Crippen molar-refractivity contribution >= 4 is 22.0 Å². The van der Waals surface area contributed by atoms with Crippen LogP contribution in [0.15, 0.2) is 23.1 Å². The van der Waals surface area contributed by atoms with E-state index >= 15 is 0 Å². The number of carbonyl (C=O) groups is 2. The fourth-order valence-corrected chi connectivity index (χ4v) is 3.50. The molecule has 2 atom stereocenters. The second kappa shape index (κ2) is 8.11. The van der Waals surface area contributed by atoms with E-state index < -0.39 is 33.9 Å². The standard InChI is InChI=1S/C15H21NO7S/c1-5-9(2)13(14(17)18)16-24(20,21)12-8-10(15(19)23-4)6-7-11(12)22-3/h6-9,13,16H,5H2,1-4H3,(H,17,18)/t9-,13-/m0/s1. The van der Waals surface area contributed by atoms with Crippen LogP contribution < -0.4 is 9.46 Å². The van der Waals surface area contributed by atoms with Gasteiger partial charge in [0.25, 0.3) is 0 Å². The Balaban J connectivity index is 3.34. The van der Waals surface area contributed by atoms with Gasteiger partial charge in [0.15, 0.2) is 0 Å². The zero-order valence-corrected chi connectivity index (χ0v) is 14.7. The Morgan fingerprint density at radius 1 is 1.29 bits per heavy atom. The van der Waals surface area contributed by atoms with Crippen molar-refractivity contribution in [3.05, 3.63) is 23.8 Å². The minimum Gasteiger partial charge on any atom is -0.495 e. The summed E-state index contributed by atoms with van der Waals surface area (Å²) in [6.07, 6.45) is 0.471. The fourth-order valence-electron chi connectivity index (χ4n) is 2.01. The normalized spacial score (nSPS) is 13.8. The zero-order chi connectivity index (χ0) is 18.5. The van der Waals surface area contributed by atoms with E-state index in [-0.39, 0.29) is 16.2 Å². The Morgan fingerprint density at radius 3 is 2.38 bits per heavy atom. The second-order valence-corrected chi connectivity index (χ2v) is 6.86. The maximum atomic E-state index is 12.6. The van der Waals surface area contributed by atoms with Gasteiger partial charge < -0.3 is 14.6 Å². The fraction of sp³-hybridized carbons (Fsp3) is 0.467. The number of sulfonamides is 1. The minimum atomic E-state index is -4.23. The lowest BCUT2D eigenvalue weighted by Crippen LogP contribution is -2.45. The number of benzene rings is 1. The van der Waals surface area contributed by atoms with Gasteiger partial charge in [0.2, 0.25) is 10.0 Å². The van der Waals surface area contributed by atoms with Crippen LogP contribution in [0.25, 0.3) is 0 Å². The van der Waals surface area contributed by atoms with E-state index in [2.05, 4.69) is 9.46 Å². The predicted octanol–water partition coefficient (Wildman–Crippen LogP) is 1.26. The van der Waals surface area contributed by atoms with Crippen molar-refractivity contribution in [2.45, 2.75) is 31.2 Å². The van der Waals surface area contributed by atoms with Gasteiger partial charge in [-0.05, 0) is 24.1 Å². The Labute approximate surface area is 140 Å². The summed E-state index contributed by atoms with van der Waals surface area (Å²) in [4.78, 5) is 22.6. The molecule has 1 aromatic carbocycles. The highest BCUT2D eigenvalue weighted by Gasteiger charge is 2.31. The summed E-state index contributed by atoms with van der Waals surface area (Å²) in [5, 5.41) is 9.26. The molecule has 0 aliphatic carbocycles. The third-order valence-corrected chi connectivity index (χ3v) is 5.10. The highest BCUT2D eigenvalue weighted by atomic mass is 32.2. The number of nitrogens with one attached hydrogen (secondary N) is 1. The van der Waals surface area contributed by atoms with Gasteiger partial charge in [0.1, 0.15) is 16.7 Å². The molecular formula is C15H21NO7S. The molecular weight excluding hydrogens is 338 g/mol. The quantitative estimate of drug-likeness (QED) is 0.671. The highest BCUT2D eigenvalue weighted by molar-refractivity contribution is 7.89. The number of aliphatic carboxylic acids is 1. The Bertz CT molecular complexity index is 715. The van der Waals surface area contributed by atoms with Crippen molar-refractivity contribution in [3.8, 4) is 5.75 Å². The van der Waals surface area contributed by atoms with Crippen molar-refractivity contribution in [2.75, 3.05) is 14.2 Å². The van der Waals surface area contributed by atoms with Crippen molar-refractivity contribution in [3.63, 3.8) is 0 Å². The lowest BCUT2D eigenvalue weighted by atomic mass is 10.0. The third-order valence-electron chi connectivity index (χ3n) is 3.64. The molecule has 0 saturated heterocycles. The molecule has 0 aliphatic rings. The summed E-state index contributed by atoms with van der Waals surface area (Å²) in [6, 6.07) is 2.45. The summed E-state index contributed by atoms with van der Waals surface area (Å²) >= 11 is 0. The van der Waals surface area contributed by atoms with E-state index in [1.54, 1.807) is 13.8 Å². The van der Waals surface area contributed by atoms with E-state index in [4.69, 9.17) is 4.74 Å². The topological polar surface area (TPSA) is 119 Å². The average molecular weight is 359 g/mol. The van der Waals surface area contributed by atoms with Crippen LogP contribution in [0.1, 0.15) is 30.6 Å². The van der Waals surface area contributed by atoms with Crippen LogP contribution >= 0.6 is 0 Å². The molecule has 8 nitrogen and oxygen atoms in total. The maximum Gasteiger partial charge on any atom is 0.337 e. The van der Waals surface area contributed by atoms with Crippen molar-refractivity contribution in [1.82, 2.24) is 4.72 Å². The highest BCUT2D eigenvalue weighted by Crippen LogP contribution is 2.26. The predicted molar refractivity (Wildman–Crippen MR) is 85.5 cm³/mol. The molecule has 2 N–H and O–H groups in total. The first kappa shape index (κ1) is 19.9. The van der Waals surface area contributed by atoms with Gasteiger partial charge >= 0.3 is 11.9 Å². The Kier molecular flexibility index (Phi) is 6.73. The Hall–Kier alpha value is -2.13. The van der Waals surface area contributed by atoms with Gasteiger partial charge in [-0.3, -0.25) is 4.79 Å². The summed E-state index contributed by atoms with van der Waals surface area (Å²) in [7, 11) is -1.79. The summed E-state index contributed by atoms with van der Waals surface area (Å²) in [5.74, 6) is -2.43. The lowest BCUT2D eigenvalue weighted by Gasteiger charge is -2.21. The molecule has 0 bridgehead atoms. The summed E-state index contributed by atoms with van der Waals surface area (Å²) in [5.41, 5.74) is 0.00842. The largest absolute Gasteiger partial charge is 0.495 e. The molecule has 0 aliphatic heterocycles. The van der Waals surface area contributed by atoms with Gasteiger partial charge in [-0.1, -0.05) is 20.3 Å². The summed E-state index contributed by atoms with van der Waals surface area (Å²) < 4.78 is 36.9. The second-order valence-electron chi connectivity index (χ2n) is 5.18. The van der Waals surface area contributed by atoms with Crippen LogP contribution in [-0.2, 0) is 19.6 Å². The van der Waals surface area contributed by atoms with Crippen LogP contribution in [0.4, 0.5) is 0 Å². The van der Waals surface area contributed by atoms with Crippen molar-refractivity contribution in [2.24, 2.45) is 5.92 Å². The van der Waals surface area contributed by atoms with Crippen molar-refractivity contribution in [1.29, 1.82) is 0 Å². The van der Waals surface area contributed by atoms with Crippen molar-refractivity contribution < 1.29 is 32.6 Å². The molecule has 134 valence electrons. The molecule has 0 heterocycles. The van der Waals surface area contributed by atoms with Gasteiger partial charge in [0.05, 0.1) is 19.8 Å². The first-order chi connectivity index (χ1) is 11.2. The monoisotopic (exact) mass is 359 g/mol. The van der Waals surface area contributed by atoms with Gasteiger partial charge in [-0.2, -0.15) is 4.72 Å². The van der Waals surface area contributed by atoms with E-state index in [9.17, 15) is 23.1 Å². The zero-order valence-electron chi connectivity index (χ0n) is 13.9. The molecule has 0 spiro atoms. The molecule has 0 amide bonds. The molecule has 0 unspecified atom stereocenters. The maximum absolute atomic E-state index is 12.6. The van der Waals surface area contributed by atoms with Gasteiger partial charge in [-0.15, -0.1) is 0 Å². The van der Waals surface area contributed by atoms with E-state index in [0.29, 0.717) is 6.42 Å². The Morgan fingerprint density at radius 2 is 1.92 bits per heavy atom. The number of esters is 1. The number of hydrogen-bond acceptors (Lipinski definition) is 6. The SMILES string of the molecule is CC[C@H](C)[C@H](NS(=O)(=O)c1cc(C(=O)OC)ccc1OC)C(=O)O. The number of rotatable bonds is 8. The van der Waals surface area contributed by atoms with Crippen LogP contribution in [0, 0.1) is 5.92 Å². The smallest absolute Gasteiger partial charge is 0.337 e. The van der Waals surface area contributed by atoms with Crippen LogP contribution in [0.3, 0.4) is 0 Å². The number of carboxylic acids is 1. The van der Waals surface area contributed by atoms with Crippen LogP contribution in [0.2, 0.25) is 0 Å². The molecule has 24 heavy (non-hydrogen) atoms. The number of carbonyl (C=O) groups excluding carboxylic acids is 1. The third kappa shape index (κ3) is 4.45. The number of carboxylic acid groups (broad SMARTS) is 1. The van der Waals surface area contributed by atoms with E-state index in [1.165, 1.54) is 26.4 Å². The first-order valence-corrected chi connectivity index (χ1v) is 8.67. The van der Waals surface area contributed by atoms with E-state index in [0.717, 1.165) is 6.07 Å². The van der Waals surface area contributed by atoms with Gasteiger partial charge in [0, 0.05) is 0 Å². The molecule has 0 fully saturated rings. The van der Waals surface area contributed by atoms with Crippen LogP contribution in [0.5, 0.6) is 5.75 Å². The van der Waals surface area contributed by atoms with Crippen LogP contribution in [-0.4, -0.2) is 45.7 Å². The molecule has 9 heteroatoms. The lowest BCUT2D eigenvalue weighted by molar-refractivity contribution is -0.140. The number of hydrogen-bond donors (Lipinski definition) is 2. The molecule has 0 aromatic heterocycles. The number of methoxy groups -OCH3 is 2. The summed E-state index contributed by atoms with van der Waals surface area (Å²) in [6.45, 7) is 3.39. The minimum absolute atomic E-state index is 0.00842. The van der Waals surface area contributed by atoms with E-state index in [1.807, 2.05) is 0 Å². The molecule has 0 radical (unpaired) electrons. The first-order valence-electron chi connectivity index (χ1n) is 7.19.